The number of halogens is 1. The first-order valence-electron chi connectivity index (χ1n) is 7.26. The van der Waals surface area contributed by atoms with E-state index in [0.717, 1.165) is 48.1 Å². The van der Waals surface area contributed by atoms with Crippen LogP contribution in [-0.2, 0) is 9.47 Å². The van der Waals surface area contributed by atoms with E-state index in [1.165, 1.54) is 0 Å². The van der Waals surface area contributed by atoms with E-state index >= 15 is 0 Å². The second-order valence-electron chi connectivity index (χ2n) is 5.99. The molecule has 110 valence electrons. The van der Waals surface area contributed by atoms with Gasteiger partial charge in [0, 0.05) is 24.1 Å². The minimum absolute atomic E-state index is 0.149. The maximum Gasteiger partial charge on any atom is 0.0940 e. The van der Waals surface area contributed by atoms with Gasteiger partial charge in [0.05, 0.1) is 18.3 Å². The average molecular weight is 341 g/mol. The molecule has 3 atom stereocenters. The summed E-state index contributed by atoms with van der Waals surface area (Å²) in [6.45, 7) is 4.22. The SMILES string of the molecule is Cc1c(Br)cccc1C(O)C1CCOC2(CCOC2)C1. The van der Waals surface area contributed by atoms with Gasteiger partial charge in [0.1, 0.15) is 0 Å². The third-order valence-corrected chi connectivity index (χ3v) is 5.53. The Labute approximate surface area is 128 Å². The number of hydrogen-bond acceptors (Lipinski definition) is 3. The van der Waals surface area contributed by atoms with Crippen molar-refractivity contribution in [2.45, 2.75) is 37.9 Å². The predicted octanol–water partition coefficient (Wildman–Crippen LogP) is 3.38. The lowest BCUT2D eigenvalue weighted by molar-refractivity contribution is -0.117. The Hall–Kier alpha value is -0.420. The van der Waals surface area contributed by atoms with Crippen molar-refractivity contribution >= 4 is 15.9 Å². The molecule has 0 amide bonds. The van der Waals surface area contributed by atoms with E-state index in [4.69, 9.17) is 9.47 Å². The molecule has 3 nitrogen and oxygen atoms in total. The zero-order chi connectivity index (χ0) is 14.2. The summed E-state index contributed by atoms with van der Waals surface area (Å²) in [6, 6.07) is 6.03. The van der Waals surface area contributed by atoms with Crippen molar-refractivity contribution in [3.8, 4) is 0 Å². The first-order valence-corrected chi connectivity index (χ1v) is 8.05. The molecule has 0 bridgehead atoms. The highest BCUT2D eigenvalue weighted by atomic mass is 79.9. The lowest BCUT2D eigenvalue weighted by Gasteiger charge is -2.39. The fourth-order valence-electron chi connectivity index (χ4n) is 3.40. The zero-order valence-corrected chi connectivity index (χ0v) is 13.4. The van der Waals surface area contributed by atoms with Crippen molar-refractivity contribution in [1.82, 2.24) is 0 Å². The summed E-state index contributed by atoms with van der Waals surface area (Å²) in [5.41, 5.74) is 2.01. The second-order valence-corrected chi connectivity index (χ2v) is 6.84. The van der Waals surface area contributed by atoms with Crippen LogP contribution in [0.1, 0.15) is 36.5 Å². The standard InChI is InChI=1S/C16H21BrO3/c1-11-13(3-2-4-14(11)17)15(18)12-5-7-20-16(9-12)6-8-19-10-16/h2-4,12,15,18H,5-10H2,1H3. The number of ether oxygens (including phenoxy) is 2. The Balaban J connectivity index is 1.79. The van der Waals surface area contributed by atoms with Gasteiger partial charge in [-0.1, -0.05) is 28.1 Å². The van der Waals surface area contributed by atoms with Crippen LogP contribution in [0.5, 0.6) is 0 Å². The van der Waals surface area contributed by atoms with Gasteiger partial charge in [0.25, 0.3) is 0 Å². The molecule has 2 aliphatic heterocycles. The first kappa shape index (κ1) is 14.5. The minimum atomic E-state index is -0.422. The van der Waals surface area contributed by atoms with Gasteiger partial charge < -0.3 is 14.6 Å². The second kappa shape index (κ2) is 5.76. The molecule has 0 aromatic heterocycles. The summed E-state index contributed by atoms with van der Waals surface area (Å²) in [5, 5.41) is 10.8. The highest BCUT2D eigenvalue weighted by Crippen LogP contribution is 2.42. The highest BCUT2D eigenvalue weighted by molar-refractivity contribution is 9.10. The van der Waals surface area contributed by atoms with E-state index in [2.05, 4.69) is 22.9 Å². The molecule has 2 heterocycles. The molecule has 3 rings (SSSR count). The monoisotopic (exact) mass is 340 g/mol. The summed E-state index contributed by atoms with van der Waals surface area (Å²) < 4.78 is 12.5. The van der Waals surface area contributed by atoms with Gasteiger partial charge in [-0.3, -0.25) is 0 Å². The van der Waals surface area contributed by atoms with Crippen LogP contribution < -0.4 is 0 Å². The van der Waals surface area contributed by atoms with Crippen LogP contribution in [0, 0.1) is 12.8 Å². The molecule has 3 unspecified atom stereocenters. The Bertz CT molecular complexity index is 483. The van der Waals surface area contributed by atoms with Gasteiger partial charge in [-0.2, -0.15) is 0 Å². The van der Waals surface area contributed by atoms with Gasteiger partial charge in [-0.15, -0.1) is 0 Å². The van der Waals surface area contributed by atoms with Gasteiger partial charge in [-0.05, 0) is 42.9 Å². The van der Waals surface area contributed by atoms with Gasteiger partial charge in [0.15, 0.2) is 0 Å². The Kier molecular flexibility index (Phi) is 4.18. The van der Waals surface area contributed by atoms with Crippen LogP contribution >= 0.6 is 15.9 Å². The molecule has 4 heteroatoms. The number of aliphatic hydroxyl groups is 1. The van der Waals surface area contributed by atoms with E-state index < -0.39 is 6.10 Å². The lowest BCUT2D eigenvalue weighted by Crippen LogP contribution is -2.42. The molecule has 0 saturated carbocycles. The molecule has 0 radical (unpaired) electrons. The summed E-state index contributed by atoms with van der Waals surface area (Å²) in [7, 11) is 0. The molecule has 2 aliphatic rings. The quantitative estimate of drug-likeness (QED) is 0.896. The van der Waals surface area contributed by atoms with Gasteiger partial charge in [-0.25, -0.2) is 0 Å². The molecule has 1 aromatic carbocycles. The topological polar surface area (TPSA) is 38.7 Å². The molecule has 2 fully saturated rings. The summed E-state index contributed by atoms with van der Waals surface area (Å²) in [4.78, 5) is 0. The van der Waals surface area contributed by atoms with Crippen molar-refractivity contribution in [2.75, 3.05) is 19.8 Å². The molecule has 1 aromatic rings. The van der Waals surface area contributed by atoms with Crippen LogP contribution in [0.25, 0.3) is 0 Å². The van der Waals surface area contributed by atoms with E-state index in [9.17, 15) is 5.11 Å². The average Bonchev–Trinajstić information content (AvgIpc) is 2.89. The maximum atomic E-state index is 10.8. The van der Waals surface area contributed by atoms with Crippen molar-refractivity contribution in [3.63, 3.8) is 0 Å². The van der Waals surface area contributed by atoms with Crippen molar-refractivity contribution < 1.29 is 14.6 Å². The number of benzene rings is 1. The van der Waals surface area contributed by atoms with Crippen LogP contribution in [0.2, 0.25) is 0 Å². The number of hydrogen-bond donors (Lipinski definition) is 1. The molecule has 1 N–H and O–H groups in total. The Morgan fingerprint density at radius 3 is 3.00 bits per heavy atom. The van der Waals surface area contributed by atoms with E-state index in [1.54, 1.807) is 0 Å². The maximum absolute atomic E-state index is 10.8. The lowest BCUT2D eigenvalue weighted by atomic mass is 9.79. The molecule has 20 heavy (non-hydrogen) atoms. The molecule has 0 aliphatic carbocycles. The minimum Gasteiger partial charge on any atom is -0.388 e. The van der Waals surface area contributed by atoms with Gasteiger partial charge in [0.2, 0.25) is 0 Å². The van der Waals surface area contributed by atoms with Crippen molar-refractivity contribution in [3.05, 3.63) is 33.8 Å². The largest absolute Gasteiger partial charge is 0.388 e. The Morgan fingerprint density at radius 2 is 2.25 bits per heavy atom. The predicted molar refractivity (Wildman–Crippen MR) is 80.7 cm³/mol. The Morgan fingerprint density at radius 1 is 1.40 bits per heavy atom. The molecule has 2 saturated heterocycles. The summed E-state index contributed by atoms with van der Waals surface area (Å²) >= 11 is 3.54. The summed E-state index contributed by atoms with van der Waals surface area (Å²) in [6.07, 6.45) is 2.33. The molecular weight excluding hydrogens is 320 g/mol. The molecular formula is C16H21BrO3. The fourth-order valence-corrected chi connectivity index (χ4v) is 3.78. The third-order valence-electron chi connectivity index (χ3n) is 4.67. The van der Waals surface area contributed by atoms with Crippen molar-refractivity contribution in [1.29, 1.82) is 0 Å². The van der Waals surface area contributed by atoms with E-state index in [0.29, 0.717) is 6.61 Å². The van der Waals surface area contributed by atoms with Crippen LogP contribution in [0.15, 0.2) is 22.7 Å². The van der Waals surface area contributed by atoms with Crippen LogP contribution in [0.4, 0.5) is 0 Å². The van der Waals surface area contributed by atoms with E-state index in [-0.39, 0.29) is 11.5 Å². The number of rotatable bonds is 2. The van der Waals surface area contributed by atoms with Crippen molar-refractivity contribution in [2.24, 2.45) is 5.92 Å². The zero-order valence-electron chi connectivity index (χ0n) is 11.8. The third kappa shape index (κ3) is 2.67. The highest BCUT2D eigenvalue weighted by Gasteiger charge is 2.43. The van der Waals surface area contributed by atoms with Gasteiger partial charge >= 0.3 is 0 Å². The first-order chi connectivity index (χ1) is 9.61. The van der Waals surface area contributed by atoms with Crippen LogP contribution in [0.3, 0.4) is 0 Å². The van der Waals surface area contributed by atoms with E-state index in [1.807, 2.05) is 18.2 Å². The normalized spacial score (nSPS) is 31.6. The number of aliphatic hydroxyl groups excluding tert-OH is 1. The summed E-state index contributed by atoms with van der Waals surface area (Å²) in [5.74, 6) is 0.249. The fraction of sp³-hybridized carbons (Fsp3) is 0.625. The molecule has 1 spiro atoms. The van der Waals surface area contributed by atoms with Crippen LogP contribution in [-0.4, -0.2) is 30.5 Å². The smallest absolute Gasteiger partial charge is 0.0940 e.